The number of aryl methyl sites for hydroxylation is 2. The Balaban J connectivity index is 1.63. The molecule has 1 atom stereocenters. The molecular weight excluding hydrogens is 348 g/mol. The molecule has 4 rings (SSSR count). The van der Waals surface area contributed by atoms with Gasteiger partial charge in [0.25, 0.3) is 5.56 Å². The molecule has 3 aromatic rings. The van der Waals surface area contributed by atoms with E-state index in [0.29, 0.717) is 16.1 Å². The number of nitrogens with one attached hydrogen (secondary N) is 1. The number of para-hydroxylation sites is 1. The van der Waals surface area contributed by atoms with Gasteiger partial charge in [0.05, 0.1) is 5.39 Å². The number of hydrogen-bond acceptors (Lipinski definition) is 5. The van der Waals surface area contributed by atoms with E-state index in [1.54, 1.807) is 11.3 Å². The van der Waals surface area contributed by atoms with Gasteiger partial charge in [0.15, 0.2) is 4.83 Å². The molecule has 0 saturated carbocycles. The molecule has 2 aromatic heterocycles. The van der Waals surface area contributed by atoms with Crippen LogP contribution in [0.2, 0.25) is 0 Å². The van der Waals surface area contributed by atoms with Crippen molar-refractivity contribution in [2.75, 3.05) is 5.32 Å². The lowest BCUT2D eigenvalue weighted by Gasteiger charge is -2.17. The number of amides is 1. The predicted molar refractivity (Wildman–Crippen MR) is 103 cm³/mol. The lowest BCUT2D eigenvalue weighted by Crippen LogP contribution is -2.30. The molecule has 0 bridgehead atoms. The van der Waals surface area contributed by atoms with E-state index in [-0.39, 0.29) is 18.0 Å². The molecule has 26 heavy (non-hydrogen) atoms. The smallest absolute Gasteiger partial charge is 0.279 e. The number of hydrogen-bond donors (Lipinski definition) is 1. The van der Waals surface area contributed by atoms with Gasteiger partial charge in [-0.15, -0.1) is 16.4 Å². The number of rotatable bonds is 3. The Kier molecular flexibility index (Phi) is 4.32. The number of fused-ring (bicyclic) bond motifs is 3. The van der Waals surface area contributed by atoms with E-state index in [4.69, 9.17) is 0 Å². The average Bonchev–Trinajstić information content (AvgIpc) is 2.97. The van der Waals surface area contributed by atoms with Crippen LogP contribution in [0, 0.1) is 12.8 Å². The average molecular weight is 368 g/mol. The molecule has 0 radical (unpaired) electrons. The minimum absolute atomic E-state index is 0.142. The normalized spacial score (nSPS) is 16.5. The summed E-state index contributed by atoms with van der Waals surface area (Å²) in [6.45, 7) is 4.01. The molecule has 7 heteroatoms. The summed E-state index contributed by atoms with van der Waals surface area (Å²) in [4.78, 5) is 27.2. The molecule has 1 aromatic carbocycles. The molecule has 0 fully saturated rings. The summed E-state index contributed by atoms with van der Waals surface area (Å²) in [6.07, 6.45) is 2.96. The maximum atomic E-state index is 12.9. The number of anilines is 1. The van der Waals surface area contributed by atoms with Crippen molar-refractivity contribution in [1.29, 1.82) is 0 Å². The maximum absolute atomic E-state index is 12.9. The van der Waals surface area contributed by atoms with Gasteiger partial charge in [0.1, 0.15) is 6.54 Å². The van der Waals surface area contributed by atoms with Gasteiger partial charge in [-0.05, 0) is 49.3 Å². The molecule has 1 aliphatic carbocycles. The van der Waals surface area contributed by atoms with Gasteiger partial charge >= 0.3 is 0 Å². The molecular formula is C19H20N4O2S. The van der Waals surface area contributed by atoms with E-state index in [1.807, 2.05) is 31.2 Å². The van der Waals surface area contributed by atoms with Crippen molar-refractivity contribution in [3.63, 3.8) is 0 Å². The quantitative estimate of drug-likeness (QED) is 0.771. The fraction of sp³-hybridized carbons (Fsp3) is 0.368. The molecule has 0 aliphatic heterocycles. The standard InChI is InChI=1S/C19H20N4O2S/c1-11-7-8-13-15(9-11)26-18-17(13)19(25)23(22-21-18)10-16(24)20-14-6-4-3-5-12(14)2/h3-6,11H,7-10H2,1-2H3,(H,20,24). The molecule has 6 nitrogen and oxygen atoms in total. The summed E-state index contributed by atoms with van der Waals surface area (Å²) < 4.78 is 1.17. The Morgan fingerprint density at radius 3 is 3.00 bits per heavy atom. The van der Waals surface area contributed by atoms with Gasteiger partial charge in [-0.25, -0.2) is 4.68 Å². The van der Waals surface area contributed by atoms with Crippen LogP contribution in [0.1, 0.15) is 29.3 Å². The van der Waals surface area contributed by atoms with Crippen molar-refractivity contribution in [2.24, 2.45) is 5.92 Å². The van der Waals surface area contributed by atoms with Crippen molar-refractivity contribution in [2.45, 2.75) is 39.7 Å². The first kappa shape index (κ1) is 16.9. The predicted octanol–water partition coefficient (Wildman–Crippen LogP) is 2.92. The Morgan fingerprint density at radius 2 is 2.19 bits per heavy atom. The molecule has 0 spiro atoms. The summed E-state index contributed by atoms with van der Waals surface area (Å²) in [5, 5.41) is 11.7. The molecule has 2 heterocycles. The number of aromatic nitrogens is 3. The van der Waals surface area contributed by atoms with Crippen LogP contribution >= 0.6 is 11.3 Å². The van der Waals surface area contributed by atoms with E-state index in [2.05, 4.69) is 22.6 Å². The molecule has 1 aliphatic rings. The molecule has 1 unspecified atom stereocenters. The SMILES string of the molecule is Cc1ccccc1NC(=O)Cn1nnc2sc3c(c2c1=O)CCC(C)C3. The fourth-order valence-corrected chi connectivity index (χ4v) is 4.75. The Labute approximate surface area is 154 Å². The number of carbonyl (C=O) groups is 1. The van der Waals surface area contributed by atoms with Crippen LogP contribution in [0.3, 0.4) is 0 Å². The van der Waals surface area contributed by atoms with Gasteiger partial charge in [-0.1, -0.05) is 30.3 Å². The molecule has 1 N–H and O–H groups in total. The lowest BCUT2D eigenvalue weighted by molar-refractivity contribution is -0.117. The third-order valence-electron chi connectivity index (χ3n) is 4.90. The van der Waals surface area contributed by atoms with Gasteiger partial charge in [0.2, 0.25) is 5.91 Å². The van der Waals surface area contributed by atoms with E-state index < -0.39 is 0 Å². The first-order valence-corrected chi connectivity index (χ1v) is 9.58. The van der Waals surface area contributed by atoms with Crippen molar-refractivity contribution >= 4 is 33.1 Å². The summed E-state index contributed by atoms with van der Waals surface area (Å²) >= 11 is 1.56. The summed E-state index contributed by atoms with van der Waals surface area (Å²) in [5.74, 6) is 0.346. The Bertz CT molecular complexity index is 1050. The zero-order valence-electron chi connectivity index (χ0n) is 14.8. The summed E-state index contributed by atoms with van der Waals surface area (Å²) in [5.41, 5.74) is 2.59. The van der Waals surface area contributed by atoms with Crippen LogP contribution in [-0.4, -0.2) is 20.9 Å². The second-order valence-corrected chi connectivity index (χ2v) is 8.03. The largest absolute Gasteiger partial charge is 0.324 e. The van der Waals surface area contributed by atoms with Crippen LogP contribution in [0.4, 0.5) is 5.69 Å². The van der Waals surface area contributed by atoms with Gasteiger partial charge in [0, 0.05) is 10.6 Å². The van der Waals surface area contributed by atoms with Crippen molar-refractivity contribution in [1.82, 2.24) is 15.0 Å². The monoisotopic (exact) mass is 368 g/mol. The third-order valence-corrected chi connectivity index (χ3v) is 6.04. The lowest BCUT2D eigenvalue weighted by atomic mass is 9.89. The van der Waals surface area contributed by atoms with E-state index in [0.717, 1.165) is 36.1 Å². The zero-order chi connectivity index (χ0) is 18.3. The van der Waals surface area contributed by atoms with Crippen molar-refractivity contribution < 1.29 is 4.79 Å². The highest BCUT2D eigenvalue weighted by Gasteiger charge is 2.24. The minimum Gasteiger partial charge on any atom is -0.324 e. The number of benzene rings is 1. The van der Waals surface area contributed by atoms with Gasteiger partial charge in [-0.2, -0.15) is 0 Å². The van der Waals surface area contributed by atoms with Crippen LogP contribution in [-0.2, 0) is 24.2 Å². The van der Waals surface area contributed by atoms with Crippen molar-refractivity contribution in [3.05, 3.63) is 50.6 Å². The molecule has 134 valence electrons. The van der Waals surface area contributed by atoms with Crippen LogP contribution in [0.5, 0.6) is 0 Å². The van der Waals surface area contributed by atoms with Gasteiger partial charge < -0.3 is 5.32 Å². The minimum atomic E-state index is -0.284. The highest BCUT2D eigenvalue weighted by Crippen LogP contribution is 2.35. The summed E-state index contributed by atoms with van der Waals surface area (Å²) in [7, 11) is 0. The van der Waals surface area contributed by atoms with Crippen molar-refractivity contribution in [3.8, 4) is 0 Å². The maximum Gasteiger partial charge on any atom is 0.279 e. The Morgan fingerprint density at radius 1 is 1.38 bits per heavy atom. The third kappa shape index (κ3) is 3.03. The Hall–Kier alpha value is -2.54. The zero-order valence-corrected chi connectivity index (χ0v) is 15.6. The highest BCUT2D eigenvalue weighted by molar-refractivity contribution is 7.18. The second kappa shape index (κ2) is 6.64. The van der Waals surface area contributed by atoms with E-state index >= 15 is 0 Å². The fourth-order valence-electron chi connectivity index (χ4n) is 3.43. The van der Waals surface area contributed by atoms with Crippen LogP contribution in [0.25, 0.3) is 10.2 Å². The van der Waals surface area contributed by atoms with Gasteiger partial charge in [-0.3, -0.25) is 9.59 Å². The number of carbonyl (C=O) groups excluding carboxylic acids is 1. The van der Waals surface area contributed by atoms with Crippen LogP contribution in [0.15, 0.2) is 29.1 Å². The first-order valence-electron chi connectivity index (χ1n) is 8.76. The first-order chi connectivity index (χ1) is 12.5. The number of nitrogens with zero attached hydrogens (tertiary/aromatic N) is 3. The summed E-state index contributed by atoms with van der Waals surface area (Å²) in [6, 6.07) is 7.53. The topological polar surface area (TPSA) is 76.9 Å². The molecule has 0 saturated heterocycles. The second-order valence-electron chi connectivity index (χ2n) is 6.95. The molecule has 1 amide bonds. The highest BCUT2D eigenvalue weighted by atomic mass is 32.1. The van der Waals surface area contributed by atoms with Crippen LogP contribution < -0.4 is 10.9 Å². The van der Waals surface area contributed by atoms with E-state index in [9.17, 15) is 9.59 Å². The van der Waals surface area contributed by atoms with E-state index in [1.165, 1.54) is 9.56 Å². The number of thiophene rings is 1.